The smallest absolute Gasteiger partial charge is 0.293 e. The Balaban J connectivity index is 1.19. The van der Waals surface area contributed by atoms with E-state index >= 15 is 0 Å². The third kappa shape index (κ3) is 3.48. The average Bonchev–Trinajstić information content (AvgIpc) is 3.22. The minimum absolute atomic E-state index is 0.0385. The van der Waals surface area contributed by atoms with Crippen molar-refractivity contribution in [2.24, 2.45) is 23.2 Å². The van der Waals surface area contributed by atoms with Crippen LogP contribution in [0.15, 0.2) is 46.9 Å². The van der Waals surface area contributed by atoms with Gasteiger partial charge in [-0.15, -0.1) is 0 Å². The highest BCUT2D eigenvalue weighted by Gasteiger charge is 2.54. The van der Waals surface area contributed by atoms with E-state index in [1.165, 1.54) is 19.3 Å². The van der Waals surface area contributed by atoms with Gasteiger partial charge in [-0.2, -0.15) is 0 Å². The Kier molecular flexibility index (Phi) is 4.63. The van der Waals surface area contributed by atoms with E-state index in [-0.39, 0.29) is 17.1 Å². The van der Waals surface area contributed by atoms with Gasteiger partial charge >= 0.3 is 0 Å². The van der Waals surface area contributed by atoms with Crippen molar-refractivity contribution >= 4 is 34.2 Å². The molecule has 0 unspecified atom stereocenters. The Morgan fingerprint density at radius 1 is 0.829 bits per heavy atom. The largest absolute Gasteiger partial charge is 0.486 e. The van der Waals surface area contributed by atoms with Gasteiger partial charge in [-0.3, -0.25) is 9.59 Å². The van der Waals surface area contributed by atoms with Crippen LogP contribution in [-0.4, -0.2) is 25.0 Å². The van der Waals surface area contributed by atoms with Crippen molar-refractivity contribution in [3.05, 3.63) is 48.2 Å². The van der Waals surface area contributed by atoms with Gasteiger partial charge in [-0.05, 0) is 80.5 Å². The maximum atomic E-state index is 13.8. The molecule has 1 aromatic heterocycles. The van der Waals surface area contributed by atoms with Crippen LogP contribution in [-0.2, 0) is 4.79 Å². The lowest BCUT2D eigenvalue weighted by Gasteiger charge is -2.55. The number of rotatable bonds is 4. The Morgan fingerprint density at radius 2 is 1.51 bits per heavy atom. The van der Waals surface area contributed by atoms with Crippen LogP contribution in [0.5, 0.6) is 11.5 Å². The lowest BCUT2D eigenvalue weighted by Crippen LogP contribution is -2.51. The molecule has 3 aromatic rings. The number of carbonyl (C=O) groups excluding carboxylic acids is 2. The molecule has 0 radical (unpaired) electrons. The summed E-state index contributed by atoms with van der Waals surface area (Å²) in [5, 5.41) is 6.80. The number of hydrogen-bond donors (Lipinski definition) is 2. The third-order valence-corrected chi connectivity index (χ3v) is 8.36. The van der Waals surface area contributed by atoms with E-state index in [0.717, 1.165) is 24.6 Å². The molecule has 7 heteroatoms. The Hall–Kier alpha value is -3.48. The van der Waals surface area contributed by atoms with Crippen LogP contribution < -0.4 is 20.1 Å². The fraction of sp³-hybridized carbons (Fsp3) is 0.429. The number of nitrogens with one attached hydrogen (secondary N) is 2. The molecule has 1 aliphatic heterocycles. The molecule has 2 heterocycles. The lowest BCUT2D eigenvalue weighted by molar-refractivity contribution is -0.140. The molecule has 4 aliphatic carbocycles. The normalized spacial score (nSPS) is 28.2. The predicted octanol–water partition coefficient (Wildman–Crippen LogP) is 5.61. The van der Waals surface area contributed by atoms with Crippen LogP contribution >= 0.6 is 0 Å². The predicted molar refractivity (Wildman–Crippen MR) is 131 cm³/mol. The fourth-order valence-corrected chi connectivity index (χ4v) is 7.27. The van der Waals surface area contributed by atoms with Crippen LogP contribution in [0.25, 0.3) is 11.0 Å². The topological polar surface area (TPSA) is 89.8 Å². The number of ether oxygens (including phenoxy) is 2. The van der Waals surface area contributed by atoms with Crippen molar-refractivity contribution in [3.8, 4) is 11.5 Å². The molecule has 0 atom stereocenters. The van der Waals surface area contributed by atoms with E-state index in [4.69, 9.17) is 13.9 Å². The van der Waals surface area contributed by atoms with Gasteiger partial charge in [0.15, 0.2) is 11.5 Å². The zero-order valence-corrected chi connectivity index (χ0v) is 19.5. The van der Waals surface area contributed by atoms with E-state index in [9.17, 15) is 9.59 Å². The first-order valence-corrected chi connectivity index (χ1v) is 12.6. The second-order valence-corrected chi connectivity index (χ2v) is 10.8. The molecule has 35 heavy (non-hydrogen) atoms. The van der Waals surface area contributed by atoms with Crippen LogP contribution in [0, 0.1) is 23.2 Å². The minimum atomic E-state index is -0.418. The summed E-state index contributed by atoms with van der Waals surface area (Å²) in [6.07, 6.45) is 6.68. The molecule has 7 nitrogen and oxygen atoms in total. The highest BCUT2D eigenvalue weighted by molar-refractivity contribution is 6.15. The summed E-state index contributed by atoms with van der Waals surface area (Å²) < 4.78 is 17.2. The SMILES string of the molecule is O=C(Nc1ccc2c(c1)OCCO2)c1oc2ccccc2c1NC(=O)C12CC3CC(CC(C3)C1)C2. The van der Waals surface area contributed by atoms with Crippen molar-refractivity contribution in [2.75, 3.05) is 23.8 Å². The van der Waals surface area contributed by atoms with Gasteiger partial charge in [-0.1, -0.05) is 12.1 Å². The van der Waals surface area contributed by atoms with E-state index in [1.54, 1.807) is 18.2 Å². The van der Waals surface area contributed by atoms with Crippen LogP contribution in [0.4, 0.5) is 11.4 Å². The Morgan fingerprint density at radius 3 is 2.26 bits per heavy atom. The maximum Gasteiger partial charge on any atom is 0.293 e. The summed E-state index contributed by atoms with van der Waals surface area (Å²) in [4.78, 5) is 27.2. The number of amides is 2. The summed E-state index contributed by atoms with van der Waals surface area (Å²) >= 11 is 0. The molecule has 2 amide bonds. The van der Waals surface area contributed by atoms with E-state index in [2.05, 4.69) is 10.6 Å². The van der Waals surface area contributed by atoms with E-state index < -0.39 is 5.91 Å². The minimum Gasteiger partial charge on any atom is -0.486 e. The number of para-hydroxylation sites is 1. The summed E-state index contributed by atoms with van der Waals surface area (Å²) in [7, 11) is 0. The molecule has 180 valence electrons. The first-order chi connectivity index (χ1) is 17.1. The molecule has 4 saturated carbocycles. The number of anilines is 2. The second-order valence-electron chi connectivity index (χ2n) is 10.8. The van der Waals surface area contributed by atoms with Crippen molar-refractivity contribution < 1.29 is 23.5 Å². The molecular weight excluding hydrogens is 444 g/mol. The van der Waals surface area contributed by atoms with E-state index in [0.29, 0.717) is 59.4 Å². The molecule has 0 saturated heterocycles. The zero-order valence-electron chi connectivity index (χ0n) is 19.5. The summed E-state index contributed by atoms with van der Waals surface area (Å²) in [6.45, 7) is 0.971. The molecule has 5 aliphatic rings. The fourth-order valence-electron chi connectivity index (χ4n) is 7.27. The highest BCUT2D eigenvalue weighted by Crippen LogP contribution is 2.60. The molecule has 2 N–H and O–H groups in total. The zero-order chi connectivity index (χ0) is 23.6. The molecule has 0 spiro atoms. The molecule has 8 rings (SSSR count). The van der Waals surface area contributed by atoms with Gasteiger partial charge < -0.3 is 24.5 Å². The number of benzene rings is 2. The first kappa shape index (κ1) is 20.9. The van der Waals surface area contributed by atoms with Crippen LogP contribution in [0.3, 0.4) is 0 Å². The van der Waals surface area contributed by atoms with Crippen LogP contribution in [0.2, 0.25) is 0 Å². The van der Waals surface area contributed by atoms with Crippen molar-refractivity contribution in [2.45, 2.75) is 38.5 Å². The van der Waals surface area contributed by atoms with Crippen molar-refractivity contribution in [1.82, 2.24) is 0 Å². The highest BCUT2D eigenvalue weighted by atomic mass is 16.6. The molecule has 2 aromatic carbocycles. The summed E-state index contributed by atoms with van der Waals surface area (Å²) in [6, 6.07) is 12.7. The lowest BCUT2D eigenvalue weighted by atomic mass is 9.49. The van der Waals surface area contributed by atoms with Crippen LogP contribution in [0.1, 0.15) is 49.1 Å². The Bertz CT molecular complexity index is 1310. The number of carbonyl (C=O) groups is 2. The van der Waals surface area contributed by atoms with Crippen molar-refractivity contribution in [3.63, 3.8) is 0 Å². The molecular formula is C28H28N2O5. The van der Waals surface area contributed by atoms with Gasteiger partial charge in [-0.25, -0.2) is 0 Å². The number of furan rings is 1. The van der Waals surface area contributed by atoms with E-state index in [1.807, 2.05) is 24.3 Å². The van der Waals surface area contributed by atoms with Gasteiger partial charge in [0.2, 0.25) is 11.7 Å². The summed E-state index contributed by atoms with van der Waals surface area (Å²) in [5.74, 6) is 2.95. The van der Waals surface area contributed by atoms with Gasteiger partial charge in [0.25, 0.3) is 5.91 Å². The molecule has 4 fully saturated rings. The van der Waals surface area contributed by atoms with Crippen molar-refractivity contribution in [1.29, 1.82) is 0 Å². The monoisotopic (exact) mass is 472 g/mol. The molecule has 4 bridgehead atoms. The Labute approximate surface area is 203 Å². The maximum absolute atomic E-state index is 13.8. The number of fused-ring (bicyclic) bond motifs is 2. The summed E-state index contributed by atoms with van der Waals surface area (Å²) in [5.41, 5.74) is 1.27. The first-order valence-electron chi connectivity index (χ1n) is 12.6. The van der Waals surface area contributed by atoms with Gasteiger partial charge in [0.1, 0.15) is 24.5 Å². The second kappa shape index (κ2) is 7.77. The van der Waals surface area contributed by atoms with Gasteiger partial charge in [0.05, 0.1) is 5.41 Å². The van der Waals surface area contributed by atoms with Gasteiger partial charge in [0, 0.05) is 17.1 Å². The third-order valence-electron chi connectivity index (χ3n) is 8.36. The average molecular weight is 473 g/mol. The quantitative estimate of drug-likeness (QED) is 0.515. The standard InChI is InChI=1S/C28H28N2O5/c31-26(29-19-5-6-22-23(12-19)34-8-7-33-22)25-24(20-3-1-2-4-21(20)35-25)30-27(32)28-13-16-9-17(14-28)11-18(10-16)15-28/h1-6,12,16-18H,7-11,13-15H2,(H,29,31)(H,30,32). The number of hydrogen-bond acceptors (Lipinski definition) is 5.